The molecule has 90 valence electrons. The van der Waals surface area contributed by atoms with Gasteiger partial charge >= 0.3 is 0 Å². The summed E-state index contributed by atoms with van der Waals surface area (Å²) in [4.78, 5) is 8.62. The van der Waals surface area contributed by atoms with Gasteiger partial charge in [0.05, 0.1) is 0 Å². The lowest BCUT2D eigenvalue weighted by atomic mass is 10.1. The minimum atomic E-state index is 0.790. The van der Waals surface area contributed by atoms with Crippen LogP contribution in [0.1, 0.15) is 11.4 Å². The van der Waals surface area contributed by atoms with Crippen molar-refractivity contribution in [2.75, 3.05) is 0 Å². The molecule has 0 N–H and O–H groups in total. The molecule has 0 radical (unpaired) electrons. The van der Waals surface area contributed by atoms with Crippen molar-refractivity contribution < 1.29 is 0 Å². The maximum atomic E-state index is 4.31. The van der Waals surface area contributed by atoms with Crippen LogP contribution in [0.15, 0.2) is 62.0 Å². The summed E-state index contributed by atoms with van der Waals surface area (Å²) in [6.07, 6.45) is 8.98. The van der Waals surface area contributed by atoms with Gasteiger partial charge in [0.15, 0.2) is 0 Å². The smallest absolute Gasteiger partial charge is 0.0447 e. The monoisotopic (exact) mass is 236 g/mol. The normalized spacial score (nSPS) is 10.0. The predicted octanol–water partition coefficient (Wildman–Crippen LogP) is 3.60. The van der Waals surface area contributed by atoms with Crippen molar-refractivity contribution in [2.24, 2.45) is 0 Å². The van der Waals surface area contributed by atoms with Crippen LogP contribution in [-0.4, -0.2) is 9.97 Å². The first-order chi connectivity index (χ1) is 8.83. The minimum Gasteiger partial charge on any atom is -0.261 e. The van der Waals surface area contributed by atoms with Crippen molar-refractivity contribution in [3.63, 3.8) is 0 Å². The molecule has 2 aromatic heterocycles. The van der Waals surface area contributed by atoms with Gasteiger partial charge in [0, 0.05) is 36.6 Å². The van der Waals surface area contributed by atoms with E-state index in [-0.39, 0.29) is 0 Å². The molecule has 0 saturated carbocycles. The fourth-order valence-electron chi connectivity index (χ4n) is 1.83. The maximum Gasteiger partial charge on any atom is 0.0447 e. The fraction of sp³-hybridized carbons (Fsp3) is 0.125. The number of aromatic nitrogens is 2. The van der Waals surface area contributed by atoms with Crippen molar-refractivity contribution in [3.05, 3.63) is 73.4 Å². The Balaban J connectivity index is 2.35. The van der Waals surface area contributed by atoms with Gasteiger partial charge in [-0.3, -0.25) is 9.97 Å². The molecule has 0 aliphatic carbocycles. The molecule has 0 amide bonds. The first kappa shape index (κ1) is 12.2. The van der Waals surface area contributed by atoms with Crippen molar-refractivity contribution in [3.8, 4) is 11.1 Å². The second-order valence-corrected chi connectivity index (χ2v) is 4.06. The number of allylic oxidation sites excluding steroid dienone is 2. The van der Waals surface area contributed by atoms with Gasteiger partial charge in [-0.15, -0.1) is 13.2 Å². The van der Waals surface area contributed by atoms with Crippen LogP contribution in [0.25, 0.3) is 11.1 Å². The highest BCUT2D eigenvalue weighted by Gasteiger charge is 2.01. The molecule has 0 aromatic carbocycles. The lowest BCUT2D eigenvalue weighted by molar-refractivity contribution is 1.10. The molecular weight excluding hydrogens is 220 g/mol. The van der Waals surface area contributed by atoms with Crippen LogP contribution in [0.2, 0.25) is 0 Å². The molecule has 0 bridgehead atoms. The Morgan fingerprint density at radius 1 is 0.833 bits per heavy atom. The molecule has 0 aliphatic heterocycles. The first-order valence-electron chi connectivity index (χ1n) is 5.95. The Labute approximate surface area is 108 Å². The average molecular weight is 236 g/mol. The van der Waals surface area contributed by atoms with Gasteiger partial charge in [-0.1, -0.05) is 12.2 Å². The highest BCUT2D eigenvalue weighted by Crippen LogP contribution is 2.20. The zero-order chi connectivity index (χ0) is 12.8. The summed E-state index contributed by atoms with van der Waals surface area (Å²) in [5, 5.41) is 0. The van der Waals surface area contributed by atoms with Crippen LogP contribution in [-0.2, 0) is 12.8 Å². The average Bonchev–Trinajstić information content (AvgIpc) is 2.40. The van der Waals surface area contributed by atoms with E-state index in [1.807, 2.05) is 36.7 Å². The first-order valence-corrected chi connectivity index (χ1v) is 5.95. The number of rotatable bonds is 5. The quantitative estimate of drug-likeness (QED) is 0.741. The van der Waals surface area contributed by atoms with E-state index < -0.39 is 0 Å². The van der Waals surface area contributed by atoms with E-state index in [2.05, 4.69) is 35.3 Å². The number of nitrogens with zero attached hydrogens (tertiary/aromatic N) is 2. The van der Waals surface area contributed by atoms with E-state index in [0.717, 1.165) is 35.4 Å². The fourth-order valence-corrected chi connectivity index (χ4v) is 1.83. The molecule has 0 atom stereocenters. The zero-order valence-electron chi connectivity index (χ0n) is 10.3. The van der Waals surface area contributed by atoms with E-state index in [1.165, 1.54) is 0 Å². The molecule has 0 unspecified atom stereocenters. The number of pyridine rings is 2. The van der Waals surface area contributed by atoms with Gasteiger partial charge in [0.2, 0.25) is 0 Å². The largest absolute Gasteiger partial charge is 0.261 e. The topological polar surface area (TPSA) is 25.8 Å². The molecule has 18 heavy (non-hydrogen) atoms. The van der Waals surface area contributed by atoms with Gasteiger partial charge in [0.1, 0.15) is 0 Å². The van der Waals surface area contributed by atoms with E-state index in [1.54, 1.807) is 0 Å². The van der Waals surface area contributed by atoms with Crippen LogP contribution in [0.4, 0.5) is 0 Å². The van der Waals surface area contributed by atoms with Crippen molar-refractivity contribution in [1.29, 1.82) is 0 Å². The van der Waals surface area contributed by atoms with Gasteiger partial charge in [-0.2, -0.15) is 0 Å². The summed E-state index contributed by atoms with van der Waals surface area (Å²) < 4.78 is 0. The van der Waals surface area contributed by atoms with E-state index in [4.69, 9.17) is 0 Å². The molecule has 0 fully saturated rings. The molecule has 2 heterocycles. The summed E-state index contributed by atoms with van der Waals surface area (Å²) in [7, 11) is 0. The summed E-state index contributed by atoms with van der Waals surface area (Å²) in [6.45, 7) is 7.47. The second kappa shape index (κ2) is 5.92. The molecule has 2 heteroatoms. The van der Waals surface area contributed by atoms with Crippen LogP contribution < -0.4 is 0 Å². The van der Waals surface area contributed by atoms with Crippen LogP contribution >= 0.6 is 0 Å². The maximum absolute atomic E-state index is 4.31. The Hall–Kier alpha value is -2.22. The standard InChI is InChI=1S/C16H16N2/c1-3-5-15-11-13(7-9-17-15)14-8-10-18-16(12-14)6-4-2/h3-4,7-12H,1-2,5-6H2. The summed E-state index contributed by atoms with van der Waals surface area (Å²) in [5.41, 5.74) is 4.39. The third kappa shape index (κ3) is 2.92. The van der Waals surface area contributed by atoms with Crippen LogP contribution in [0.5, 0.6) is 0 Å². The van der Waals surface area contributed by atoms with E-state index >= 15 is 0 Å². The second-order valence-electron chi connectivity index (χ2n) is 4.06. The highest BCUT2D eigenvalue weighted by atomic mass is 14.7. The van der Waals surface area contributed by atoms with Gasteiger partial charge in [-0.05, 0) is 35.4 Å². The van der Waals surface area contributed by atoms with Crippen LogP contribution in [0, 0.1) is 0 Å². The summed E-state index contributed by atoms with van der Waals surface area (Å²) >= 11 is 0. The Morgan fingerprint density at radius 3 is 1.67 bits per heavy atom. The predicted molar refractivity (Wildman–Crippen MR) is 75.3 cm³/mol. The van der Waals surface area contributed by atoms with Gasteiger partial charge in [-0.25, -0.2) is 0 Å². The van der Waals surface area contributed by atoms with Crippen molar-refractivity contribution >= 4 is 0 Å². The third-order valence-electron chi connectivity index (χ3n) is 2.67. The molecule has 2 nitrogen and oxygen atoms in total. The summed E-state index contributed by atoms with van der Waals surface area (Å²) in [5.74, 6) is 0. The molecular formula is C16H16N2. The van der Waals surface area contributed by atoms with E-state index in [9.17, 15) is 0 Å². The number of hydrogen-bond acceptors (Lipinski definition) is 2. The number of hydrogen-bond donors (Lipinski definition) is 0. The zero-order valence-corrected chi connectivity index (χ0v) is 10.3. The van der Waals surface area contributed by atoms with Crippen molar-refractivity contribution in [1.82, 2.24) is 9.97 Å². The molecule has 2 rings (SSSR count). The summed E-state index contributed by atoms with van der Waals surface area (Å²) in [6, 6.07) is 8.21. The molecule has 0 aliphatic rings. The minimum absolute atomic E-state index is 0.790. The van der Waals surface area contributed by atoms with Gasteiger partial charge in [0.25, 0.3) is 0 Å². The van der Waals surface area contributed by atoms with E-state index in [0.29, 0.717) is 0 Å². The Morgan fingerprint density at radius 2 is 1.28 bits per heavy atom. The molecule has 2 aromatic rings. The lowest BCUT2D eigenvalue weighted by Gasteiger charge is -2.05. The third-order valence-corrected chi connectivity index (χ3v) is 2.67. The Kier molecular flexibility index (Phi) is 4.02. The molecule has 0 spiro atoms. The Bertz CT molecular complexity index is 507. The molecule has 0 saturated heterocycles. The van der Waals surface area contributed by atoms with Crippen molar-refractivity contribution in [2.45, 2.75) is 12.8 Å². The van der Waals surface area contributed by atoms with Crippen LogP contribution in [0.3, 0.4) is 0 Å². The lowest BCUT2D eigenvalue weighted by Crippen LogP contribution is -1.91. The highest BCUT2D eigenvalue weighted by molar-refractivity contribution is 5.63. The van der Waals surface area contributed by atoms with Gasteiger partial charge < -0.3 is 0 Å². The SMILES string of the molecule is C=CCc1cc(-c2ccnc(CC=C)c2)ccn1.